The van der Waals surface area contributed by atoms with E-state index in [0.717, 1.165) is 0 Å². The quantitative estimate of drug-likeness (QED) is 0.263. The van der Waals surface area contributed by atoms with E-state index in [1.807, 2.05) is 0 Å². The van der Waals surface area contributed by atoms with Gasteiger partial charge in [-0.25, -0.2) is 0 Å². The van der Waals surface area contributed by atoms with Gasteiger partial charge in [-0.2, -0.15) is 0 Å². The first-order valence-electron chi connectivity index (χ1n) is 4.95. The van der Waals surface area contributed by atoms with Crippen LogP contribution in [0.25, 0.3) is 10.4 Å². The molecule has 9 nitrogen and oxygen atoms in total. The van der Waals surface area contributed by atoms with E-state index >= 15 is 0 Å². The zero-order valence-electron chi connectivity index (χ0n) is 9.09. The second-order valence-corrected chi connectivity index (χ2v) is 3.66. The third-order valence-corrected chi connectivity index (χ3v) is 2.44. The van der Waals surface area contributed by atoms with E-state index in [2.05, 4.69) is 15.3 Å². The first kappa shape index (κ1) is 13.7. The Hall–Kier alpha value is -1.38. The van der Waals surface area contributed by atoms with Crippen LogP contribution in [0.5, 0.6) is 0 Å². The van der Waals surface area contributed by atoms with E-state index in [1.54, 1.807) is 0 Å². The Morgan fingerprint density at radius 1 is 1.65 bits per heavy atom. The Kier molecular flexibility index (Phi) is 4.67. The second-order valence-electron chi connectivity index (χ2n) is 3.66. The molecule has 1 heterocycles. The van der Waals surface area contributed by atoms with Crippen molar-refractivity contribution in [3.63, 3.8) is 0 Å². The highest BCUT2D eigenvalue weighted by molar-refractivity contribution is 5.73. The van der Waals surface area contributed by atoms with Gasteiger partial charge in [0, 0.05) is 11.8 Å². The number of nitrogens with one attached hydrogen (secondary N) is 1. The van der Waals surface area contributed by atoms with Crippen molar-refractivity contribution in [1.82, 2.24) is 5.32 Å². The number of ether oxygens (including phenoxy) is 1. The summed E-state index contributed by atoms with van der Waals surface area (Å²) in [6, 6.07) is -2.04. The van der Waals surface area contributed by atoms with Gasteiger partial charge in [-0.1, -0.05) is 5.11 Å². The van der Waals surface area contributed by atoms with Crippen molar-refractivity contribution in [2.75, 3.05) is 6.61 Å². The molecule has 1 aliphatic heterocycles. The molecule has 4 N–H and O–H groups in total. The van der Waals surface area contributed by atoms with Crippen LogP contribution in [-0.2, 0) is 9.53 Å². The SMILES string of the molecule is CC(=O)N[C@H]1C(O)O[C@H](C(CO)N=[N+]=[N-])C1O. The number of aliphatic hydroxyl groups excluding tert-OH is 3. The van der Waals surface area contributed by atoms with Crippen LogP contribution in [0.1, 0.15) is 6.92 Å². The van der Waals surface area contributed by atoms with Crippen molar-refractivity contribution in [3.05, 3.63) is 10.4 Å². The minimum Gasteiger partial charge on any atom is -0.396 e. The van der Waals surface area contributed by atoms with Crippen molar-refractivity contribution in [3.8, 4) is 0 Å². The predicted octanol–water partition coefficient (Wildman–Crippen LogP) is -1.76. The van der Waals surface area contributed by atoms with Crippen LogP contribution in [0.3, 0.4) is 0 Å². The van der Waals surface area contributed by atoms with E-state index in [-0.39, 0.29) is 0 Å². The number of carbonyl (C=O) groups excluding carboxylic acids is 1. The van der Waals surface area contributed by atoms with Crippen LogP contribution < -0.4 is 5.32 Å². The number of aliphatic hydroxyl groups is 3. The highest BCUT2D eigenvalue weighted by Gasteiger charge is 2.46. The minimum absolute atomic E-state index is 0.443. The molecule has 1 amide bonds. The van der Waals surface area contributed by atoms with E-state index in [0.29, 0.717) is 0 Å². The summed E-state index contributed by atoms with van der Waals surface area (Å²) < 4.78 is 4.96. The number of hydrogen-bond donors (Lipinski definition) is 4. The van der Waals surface area contributed by atoms with Gasteiger partial charge >= 0.3 is 0 Å². The summed E-state index contributed by atoms with van der Waals surface area (Å²) in [4.78, 5) is 13.3. The fourth-order valence-corrected chi connectivity index (χ4v) is 1.68. The molecule has 17 heavy (non-hydrogen) atoms. The van der Waals surface area contributed by atoms with E-state index in [4.69, 9.17) is 15.4 Å². The number of amides is 1. The van der Waals surface area contributed by atoms with Crippen molar-refractivity contribution in [2.45, 2.75) is 37.5 Å². The van der Waals surface area contributed by atoms with Crippen molar-refractivity contribution >= 4 is 5.91 Å². The van der Waals surface area contributed by atoms with Gasteiger partial charge in [-0.05, 0) is 5.53 Å². The lowest BCUT2D eigenvalue weighted by atomic mass is 10.0. The van der Waals surface area contributed by atoms with E-state index in [1.165, 1.54) is 6.92 Å². The van der Waals surface area contributed by atoms with Crippen LogP contribution in [0.2, 0.25) is 0 Å². The van der Waals surface area contributed by atoms with Crippen molar-refractivity contribution in [2.24, 2.45) is 5.11 Å². The molecule has 0 bridgehead atoms. The molecular formula is C8H14N4O5. The summed E-state index contributed by atoms with van der Waals surface area (Å²) in [6.07, 6.45) is -3.75. The van der Waals surface area contributed by atoms with Gasteiger partial charge in [0.2, 0.25) is 5.91 Å². The topological polar surface area (TPSA) is 148 Å². The van der Waals surface area contributed by atoms with Crippen LogP contribution in [-0.4, -0.2) is 58.4 Å². The molecule has 9 heteroatoms. The molecule has 3 unspecified atom stereocenters. The van der Waals surface area contributed by atoms with Crippen molar-refractivity contribution < 1.29 is 24.9 Å². The smallest absolute Gasteiger partial charge is 0.217 e. The van der Waals surface area contributed by atoms with Gasteiger partial charge in [-0.3, -0.25) is 4.79 Å². The van der Waals surface area contributed by atoms with E-state index < -0.39 is 43.1 Å². The van der Waals surface area contributed by atoms with Crippen LogP contribution in [0.15, 0.2) is 5.11 Å². The summed E-state index contributed by atoms with van der Waals surface area (Å²) in [6.45, 7) is 0.690. The fourth-order valence-electron chi connectivity index (χ4n) is 1.68. The standard InChI is InChI=1S/C8H14N4O5/c1-3(14)10-5-6(15)7(17-8(5)16)4(2-13)11-12-9/h4-8,13,15-16H,2H2,1H3,(H,10,14)/t4?,5-,6?,7-,8?/m1/s1. The Bertz CT molecular complexity index is 332. The zero-order chi connectivity index (χ0) is 13.0. The first-order valence-corrected chi connectivity index (χ1v) is 4.95. The molecule has 1 saturated heterocycles. The van der Waals surface area contributed by atoms with Gasteiger partial charge in [0.25, 0.3) is 0 Å². The predicted molar refractivity (Wildman–Crippen MR) is 54.5 cm³/mol. The third kappa shape index (κ3) is 3.05. The highest BCUT2D eigenvalue weighted by Crippen LogP contribution is 2.23. The zero-order valence-corrected chi connectivity index (χ0v) is 9.09. The molecule has 96 valence electrons. The second kappa shape index (κ2) is 5.80. The lowest BCUT2D eigenvalue weighted by molar-refractivity contribution is -0.126. The van der Waals surface area contributed by atoms with Gasteiger partial charge < -0.3 is 25.4 Å². The maximum Gasteiger partial charge on any atom is 0.217 e. The number of rotatable bonds is 4. The van der Waals surface area contributed by atoms with Crippen LogP contribution in [0.4, 0.5) is 0 Å². The molecule has 1 aliphatic rings. The molecule has 5 atom stereocenters. The largest absolute Gasteiger partial charge is 0.396 e. The summed E-state index contributed by atoms with van der Waals surface area (Å²) in [5.74, 6) is -0.443. The molecule has 0 spiro atoms. The lowest BCUT2D eigenvalue weighted by Gasteiger charge is -2.20. The number of carbonyl (C=O) groups is 1. The fraction of sp³-hybridized carbons (Fsp3) is 0.875. The molecule has 0 saturated carbocycles. The molecule has 1 fully saturated rings. The molecule has 1 rings (SSSR count). The summed E-state index contributed by atoms with van der Waals surface area (Å²) in [7, 11) is 0. The van der Waals surface area contributed by atoms with Crippen LogP contribution in [0, 0.1) is 0 Å². The molecule has 0 aromatic rings. The van der Waals surface area contributed by atoms with Gasteiger partial charge in [-0.15, -0.1) is 0 Å². The monoisotopic (exact) mass is 246 g/mol. The minimum atomic E-state index is -1.41. The lowest BCUT2D eigenvalue weighted by Crippen LogP contribution is -2.48. The average Bonchev–Trinajstić information content (AvgIpc) is 2.53. The normalized spacial score (nSPS) is 33.9. The molecule has 0 radical (unpaired) electrons. The Morgan fingerprint density at radius 3 is 2.76 bits per heavy atom. The number of hydrogen-bond acceptors (Lipinski definition) is 6. The summed E-state index contributed by atoms with van der Waals surface area (Å²) >= 11 is 0. The molecule has 0 aliphatic carbocycles. The Balaban J connectivity index is 2.78. The van der Waals surface area contributed by atoms with E-state index in [9.17, 15) is 15.0 Å². The maximum absolute atomic E-state index is 10.8. The van der Waals surface area contributed by atoms with Crippen LogP contribution >= 0.6 is 0 Å². The average molecular weight is 246 g/mol. The highest BCUT2D eigenvalue weighted by atomic mass is 16.6. The van der Waals surface area contributed by atoms with Gasteiger partial charge in [0.15, 0.2) is 6.29 Å². The Labute approximate surface area is 96.6 Å². The number of azide groups is 1. The molecule has 0 aromatic heterocycles. The maximum atomic E-state index is 10.8. The molecular weight excluding hydrogens is 232 g/mol. The van der Waals surface area contributed by atoms with Gasteiger partial charge in [0.05, 0.1) is 18.8 Å². The summed E-state index contributed by atoms with van der Waals surface area (Å²) in [5, 5.41) is 33.8. The number of nitrogens with zero attached hydrogens (tertiary/aromatic N) is 3. The third-order valence-electron chi connectivity index (χ3n) is 2.44. The summed E-state index contributed by atoms with van der Waals surface area (Å²) in [5.41, 5.74) is 8.27. The Morgan fingerprint density at radius 2 is 2.29 bits per heavy atom. The van der Waals surface area contributed by atoms with Gasteiger partial charge in [0.1, 0.15) is 12.1 Å². The molecule has 0 aromatic carbocycles. The first-order chi connectivity index (χ1) is 8.01. The van der Waals surface area contributed by atoms with Crippen molar-refractivity contribution in [1.29, 1.82) is 0 Å².